The summed E-state index contributed by atoms with van der Waals surface area (Å²) in [6.07, 6.45) is 7.98. The van der Waals surface area contributed by atoms with Crippen molar-refractivity contribution in [3.8, 4) is 5.69 Å². The summed E-state index contributed by atoms with van der Waals surface area (Å²) in [4.78, 5) is 15.0. The molecule has 0 spiro atoms. The summed E-state index contributed by atoms with van der Waals surface area (Å²) in [6, 6.07) is 8.23. The summed E-state index contributed by atoms with van der Waals surface area (Å²) in [5.74, 6) is 0.255. The number of benzene rings is 1. The Morgan fingerprint density at radius 1 is 1.35 bits per heavy atom. The van der Waals surface area contributed by atoms with Gasteiger partial charge in [-0.3, -0.25) is 0 Å². The molecule has 3 nitrogen and oxygen atoms in total. The van der Waals surface area contributed by atoms with Gasteiger partial charge in [-0.15, -0.1) is 0 Å². The summed E-state index contributed by atoms with van der Waals surface area (Å²) in [5, 5.41) is 0. The third kappa shape index (κ3) is 3.03. The molecule has 0 atom stereocenters. The monoisotopic (exact) mass is 228 g/mol. The van der Waals surface area contributed by atoms with Crippen molar-refractivity contribution >= 4 is 5.78 Å². The van der Waals surface area contributed by atoms with Gasteiger partial charge in [-0.05, 0) is 31.4 Å². The van der Waals surface area contributed by atoms with E-state index < -0.39 is 0 Å². The highest BCUT2D eigenvalue weighted by molar-refractivity contribution is 5.75. The van der Waals surface area contributed by atoms with Gasteiger partial charge in [-0.2, -0.15) is 0 Å². The molecule has 0 saturated carbocycles. The maximum absolute atomic E-state index is 10.9. The van der Waals surface area contributed by atoms with E-state index in [1.807, 2.05) is 22.9 Å². The number of imidazole rings is 1. The molecule has 0 saturated heterocycles. The molecule has 0 radical (unpaired) electrons. The number of para-hydroxylation sites is 1. The van der Waals surface area contributed by atoms with Gasteiger partial charge in [0.05, 0.1) is 6.33 Å². The highest BCUT2D eigenvalue weighted by Gasteiger charge is 2.03. The van der Waals surface area contributed by atoms with Gasteiger partial charge in [0, 0.05) is 24.5 Å². The molecule has 0 aliphatic heterocycles. The summed E-state index contributed by atoms with van der Waals surface area (Å²) in [6.45, 7) is 1.64. The normalized spacial score (nSPS) is 10.4. The van der Waals surface area contributed by atoms with Gasteiger partial charge in [0.2, 0.25) is 0 Å². The standard InChI is InChI=1S/C14H16N2O/c1-12(17)5-4-7-13-6-2-3-8-14(13)16-10-9-15-11-16/h2-3,6,8-11H,4-5,7H2,1H3. The Morgan fingerprint density at radius 3 is 2.88 bits per heavy atom. The molecule has 17 heavy (non-hydrogen) atoms. The lowest BCUT2D eigenvalue weighted by Gasteiger charge is -2.09. The average molecular weight is 228 g/mol. The zero-order valence-electron chi connectivity index (χ0n) is 9.97. The fraction of sp³-hybridized carbons (Fsp3) is 0.286. The van der Waals surface area contributed by atoms with Crippen molar-refractivity contribution in [3.63, 3.8) is 0 Å². The Balaban J connectivity index is 2.14. The van der Waals surface area contributed by atoms with Crippen LogP contribution < -0.4 is 0 Å². The van der Waals surface area contributed by atoms with Crippen LogP contribution >= 0.6 is 0 Å². The predicted molar refractivity (Wildman–Crippen MR) is 67.2 cm³/mol. The Hall–Kier alpha value is -1.90. The van der Waals surface area contributed by atoms with Gasteiger partial charge in [-0.25, -0.2) is 4.98 Å². The van der Waals surface area contributed by atoms with Crippen molar-refractivity contribution in [2.75, 3.05) is 0 Å². The quantitative estimate of drug-likeness (QED) is 0.788. The smallest absolute Gasteiger partial charge is 0.129 e. The van der Waals surface area contributed by atoms with E-state index >= 15 is 0 Å². The molecule has 0 unspecified atom stereocenters. The fourth-order valence-electron chi connectivity index (χ4n) is 1.90. The molecule has 2 aromatic rings. The molecule has 0 aliphatic carbocycles. The fourth-order valence-corrected chi connectivity index (χ4v) is 1.90. The van der Waals surface area contributed by atoms with Crippen LogP contribution in [0.25, 0.3) is 5.69 Å². The van der Waals surface area contributed by atoms with Gasteiger partial charge in [0.15, 0.2) is 0 Å². The second-order valence-electron chi connectivity index (χ2n) is 4.15. The van der Waals surface area contributed by atoms with Crippen molar-refractivity contribution < 1.29 is 4.79 Å². The van der Waals surface area contributed by atoms with E-state index in [2.05, 4.69) is 17.1 Å². The third-order valence-electron chi connectivity index (χ3n) is 2.75. The largest absolute Gasteiger partial charge is 0.306 e. The van der Waals surface area contributed by atoms with E-state index in [0.717, 1.165) is 18.5 Å². The van der Waals surface area contributed by atoms with E-state index in [9.17, 15) is 4.79 Å². The number of carbonyl (C=O) groups is 1. The summed E-state index contributed by atoms with van der Waals surface area (Å²) in [7, 11) is 0. The first-order chi connectivity index (χ1) is 8.27. The topological polar surface area (TPSA) is 34.9 Å². The first-order valence-corrected chi connectivity index (χ1v) is 5.83. The van der Waals surface area contributed by atoms with E-state index in [1.165, 1.54) is 5.56 Å². The molecule has 1 aromatic heterocycles. The van der Waals surface area contributed by atoms with Crippen molar-refractivity contribution in [2.24, 2.45) is 0 Å². The van der Waals surface area contributed by atoms with Gasteiger partial charge in [0.25, 0.3) is 0 Å². The third-order valence-corrected chi connectivity index (χ3v) is 2.75. The average Bonchev–Trinajstić information content (AvgIpc) is 2.82. The molecule has 88 valence electrons. The lowest BCUT2D eigenvalue weighted by molar-refractivity contribution is -0.117. The number of Topliss-reactive ketones (excluding diaryl/α,β-unsaturated/α-hetero) is 1. The van der Waals surface area contributed by atoms with Gasteiger partial charge in [-0.1, -0.05) is 18.2 Å². The number of carbonyl (C=O) groups excluding carboxylic acids is 1. The molecule has 2 rings (SSSR count). The first-order valence-electron chi connectivity index (χ1n) is 5.83. The molecular weight excluding hydrogens is 212 g/mol. The second-order valence-corrected chi connectivity index (χ2v) is 4.15. The molecule has 0 N–H and O–H groups in total. The number of aryl methyl sites for hydroxylation is 1. The van der Waals surface area contributed by atoms with Crippen LogP contribution in [0.3, 0.4) is 0 Å². The van der Waals surface area contributed by atoms with Gasteiger partial charge >= 0.3 is 0 Å². The van der Waals surface area contributed by atoms with Crippen LogP contribution in [-0.2, 0) is 11.2 Å². The maximum Gasteiger partial charge on any atom is 0.129 e. The van der Waals surface area contributed by atoms with E-state index in [4.69, 9.17) is 0 Å². The van der Waals surface area contributed by atoms with E-state index in [1.54, 1.807) is 19.4 Å². The molecular formula is C14H16N2O. The Bertz CT molecular complexity index is 489. The minimum absolute atomic E-state index is 0.255. The second kappa shape index (κ2) is 5.43. The number of hydrogen-bond acceptors (Lipinski definition) is 2. The van der Waals surface area contributed by atoms with Crippen LogP contribution in [0.1, 0.15) is 25.3 Å². The molecule has 1 aromatic carbocycles. The molecule has 0 amide bonds. The Morgan fingerprint density at radius 2 is 2.18 bits per heavy atom. The number of aromatic nitrogens is 2. The first kappa shape index (κ1) is 11.6. The van der Waals surface area contributed by atoms with Crippen molar-refractivity contribution in [1.29, 1.82) is 0 Å². The lowest BCUT2D eigenvalue weighted by Crippen LogP contribution is -1.99. The minimum Gasteiger partial charge on any atom is -0.306 e. The molecule has 1 heterocycles. The zero-order chi connectivity index (χ0) is 12.1. The van der Waals surface area contributed by atoms with Crippen LogP contribution in [0.5, 0.6) is 0 Å². The highest BCUT2D eigenvalue weighted by atomic mass is 16.1. The zero-order valence-corrected chi connectivity index (χ0v) is 9.97. The highest BCUT2D eigenvalue weighted by Crippen LogP contribution is 2.16. The minimum atomic E-state index is 0.255. The Labute approximate surface area is 101 Å². The number of hydrogen-bond donors (Lipinski definition) is 0. The predicted octanol–water partition coefficient (Wildman–Crippen LogP) is 2.78. The lowest BCUT2D eigenvalue weighted by atomic mass is 10.0. The summed E-state index contributed by atoms with van der Waals surface area (Å²) >= 11 is 0. The molecule has 3 heteroatoms. The number of rotatable bonds is 5. The maximum atomic E-state index is 10.9. The SMILES string of the molecule is CC(=O)CCCc1ccccc1-n1ccnc1. The van der Waals surface area contributed by atoms with Gasteiger partial charge < -0.3 is 9.36 Å². The van der Waals surface area contributed by atoms with Crippen LogP contribution in [-0.4, -0.2) is 15.3 Å². The van der Waals surface area contributed by atoms with Crippen LogP contribution in [0, 0.1) is 0 Å². The van der Waals surface area contributed by atoms with E-state index in [-0.39, 0.29) is 5.78 Å². The van der Waals surface area contributed by atoms with E-state index in [0.29, 0.717) is 6.42 Å². The molecule has 0 fully saturated rings. The summed E-state index contributed by atoms with van der Waals surface area (Å²) in [5.41, 5.74) is 2.40. The molecule has 0 aliphatic rings. The number of nitrogens with zero attached hydrogens (tertiary/aromatic N) is 2. The van der Waals surface area contributed by atoms with Crippen LogP contribution in [0.15, 0.2) is 43.0 Å². The summed E-state index contributed by atoms with van der Waals surface area (Å²) < 4.78 is 2.00. The van der Waals surface area contributed by atoms with Crippen LogP contribution in [0.4, 0.5) is 0 Å². The molecule has 0 bridgehead atoms. The van der Waals surface area contributed by atoms with Crippen LogP contribution in [0.2, 0.25) is 0 Å². The van der Waals surface area contributed by atoms with Gasteiger partial charge in [0.1, 0.15) is 5.78 Å². The van der Waals surface area contributed by atoms with Crippen molar-refractivity contribution in [2.45, 2.75) is 26.2 Å². The Kier molecular flexibility index (Phi) is 3.70. The number of ketones is 1. The van der Waals surface area contributed by atoms with Crippen molar-refractivity contribution in [3.05, 3.63) is 48.5 Å². The van der Waals surface area contributed by atoms with Crippen molar-refractivity contribution in [1.82, 2.24) is 9.55 Å².